The minimum Gasteiger partial charge on any atom is -0.362 e. The molecule has 114 valence electrons. The molecule has 2 heterocycles. The van der Waals surface area contributed by atoms with E-state index in [-0.39, 0.29) is 10.6 Å². The lowest BCUT2D eigenvalue weighted by Gasteiger charge is -2.20. The van der Waals surface area contributed by atoms with E-state index in [0.29, 0.717) is 5.52 Å². The van der Waals surface area contributed by atoms with Gasteiger partial charge in [-0.25, -0.2) is 4.98 Å². The smallest absolute Gasteiger partial charge is 0.295 e. The van der Waals surface area contributed by atoms with Gasteiger partial charge in [0.25, 0.3) is 5.69 Å². The van der Waals surface area contributed by atoms with E-state index in [1.165, 1.54) is 17.2 Å². The summed E-state index contributed by atoms with van der Waals surface area (Å²) < 4.78 is 0. The summed E-state index contributed by atoms with van der Waals surface area (Å²) in [5, 5.41) is 12.1. The zero-order valence-corrected chi connectivity index (χ0v) is 12.7. The van der Waals surface area contributed by atoms with E-state index in [4.69, 9.17) is 0 Å². The van der Waals surface area contributed by atoms with Gasteiger partial charge in [0.2, 0.25) is 0 Å². The van der Waals surface area contributed by atoms with Gasteiger partial charge in [-0.3, -0.25) is 10.1 Å². The van der Waals surface area contributed by atoms with Crippen LogP contribution in [-0.4, -0.2) is 9.91 Å². The van der Waals surface area contributed by atoms with E-state index in [0.717, 1.165) is 29.9 Å². The van der Waals surface area contributed by atoms with Crippen LogP contribution in [0.3, 0.4) is 0 Å². The molecule has 0 saturated heterocycles. The van der Waals surface area contributed by atoms with Gasteiger partial charge in [-0.2, -0.15) is 0 Å². The maximum absolute atomic E-state index is 11.3. The minimum atomic E-state index is -0.364. The summed E-state index contributed by atoms with van der Waals surface area (Å²) in [6, 6.07) is 15.5. The lowest BCUT2D eigenvalue weighted by molar-refractivity contribution is -0.383. The van der Waals surface area contributed by atoms with Crippen molar-refractivity contribution in [3.8, 4) is 0 Å². The first-order valence-electron chi connectivity index (χ1n) is 7.50. The summed E-state index contributed by atoms with van der Waals surface area (Å²) in [6.45, 7) is 3.51. The summed E-state index contributed by atoms with van der Waals surface area (Å²) in [6.07, 6.45) is 0. The third kappa shape index (κ3) is 2.21. The van der Waals surface area contributed by atoms with Crippen LogP contribution < -0.4 is 4.90 Å². The molecule has 4 rings (SSSR count). The highest BCUT2D eigenvalue weighted by molar-refractivity contribution is 5.97. The molecule has 2 aromatic carbocycles. The molecule has 5 heteroatoms. The second-order valence-electron chi connectivity index (χ2n) is 5.84. The largest absolute Gasteiger partial charge is 0.362 e. The summed E-state index contributed by atoms with van der Waals surface area (Å²) in [5.41, 5.74) is 4.93. The maximum atomic E-state index is 11.3. The third-order valence-corrected chi connectivity index (χ3v) is 4.30. The van der Waals surface area contributed by atoms with Crippen LogP contribution >= 0.6 is 0 Å². The van der Waals surface area contributed by atoms with Crippen molar-refractivity contribution in [2.75, 3.05) is 4.90 Å². The number of rotatable bonds is 2. The zero-order chi connectivity index (χ0) is 16.0. The molecule has 0 amide bonds. The standard InChI is InChI=1S/C18H15N3O2/c1-12-9-17(20-10-13-5-2-3-6-14(13)11-20)15-7-4-8-16(21(22)23)18(15)19-12/h2-9H,10-11H2,1H3. The first kappa shape index (κ1) is 13.7. The molecule has 3 aromatic rings. The van der Waals surface area contributed by atoms with Crippen molar-refractivity contribution in [1.29, 1.82) is 0 Å². The van der Waals surface area contributed by atoms with E-state index in [2.05, 4.69) is 22.0 Å². The molecule has 0 saturated carbocycles. The van der Waals surface area contributed by atoms with Crippen LogP contribution in [0.25, 0.3) is 10.9 Å². The van der Waals surface area contributed by atoms with Crippen molar-refractivity contribution in [1.82, 2.24) is 4.98 Å². The number of hydrogen-bond donors (Lipinski definition) is 0. The van der Waals surface area contributed by atoms with E-state index in [1.54, 1.807) is 6.07 Å². The molecule has 0 radical (unpaired) electrons. The van der Waals surface area contributed by atoms with Crippen LogP contribution in [0.5, 0.6) is 0 Å². The summed E-state index contributed by atoms with van der Waals surface area (Å²) >= 11 is 0. The van der Waals surface area contributed by atoms with Crippen LogP contribution in [0.1, 0.15) is 16.8 Å². The predicted octanol–water partition coefficient (Wildman–Crippen LogP) is 3.97. The second kappa shape index (κ2) is 5.05. The molecule has 0 fully saturated rings. The van der Waals surface area contributed by atoms with E-state index in [9.17, 15) is 10.1 Å². The molecule has 23 heavy (non-hydrogen) atoms. The molecule has 5 nitrogen and oxygen atoms in total. The normalized spacial score (nSPS) is 13.3. The molecule has 1 aromatic heterocycles. The molecule has 0 spiro atoms. The van der Waals surface area contributed by atoms with E-state index >= 15 is 0 Å². The van der Waals surface area contributed by atoms with Gasteiger partial charge in [0.15, 0.2) is 5.52 Å². The van der Waals surface area contributed by atoms with E-state index < -0.39 is 0 Å². The average molecular weight is 305 g/mol. The van der Waals surface area contributed by atoms with Crippen LogP contribution in [-0.2, 0) is 13.1 Å². The molecule has 0 unspecified atom stereocenters. The number of hydrogen-bond acceptors (Lipinski definition) is 4. The fourth-order valence-corrected chi connectivity index (χ4v) is 3.25. The number of anilines is 1. The van der Waals surface area contributed by atoms with Crippen LogP contribution in [0, 0.1) is 17.0 Å². The van der Waals surface area contributed by atoms with Gasteiger partial charge in [0.05, 0.1) is 4.92 Å². The highest BCUT2D eigenvalue weighted by Crippen LogP contribution is 2.36. The molecular formula is C18H15N3O2. The highest BCUT2D eigenvalue weighted by atomic mass is 16.6. The number of benzene rings is 2. The Morgan fingerprint density at radius 2 is 1.78 bits per heavy atom. The Hall–Kier alpha value is -2.95. The second-order valence-corrected chi connectivity index (χ2v) is 5.84. The topological polar surface area (TPSA) is 59.3 Å². The molecule has 0 bridgehead atoms. The predicted molar refractivity (Wildman–Crippen MR) is 89.5 cm³/mol. The van der Waals surface area contributed by atoms with E-state index in [1.807, 2.05) is 31.2 Å². The van der Waals surface area contributed by atoms with Gasteiger partial charge in [-0.05, 0) is 24.1 Å². The number of nitro groups is 1. The molecule has 0 atom stereocenters. The molecule has 0 aliphatic carbocycles. The Kier molecular flexibility index (Phi) is 3.01. The molecule has 1 aliphatic heterocycles. The van der Waals surface area contributed by atoms with Crippen LogP contribution in [0.2, 0.25) is 0 Å². The van der Waals surface area contributed by atoms with Crippen LogP contribution in [0.15, 0.2) is 48.5 Å². The Morgan fingerprint density at radius 1 is 1.09 bits per heavy atom. The van der Waals surface area contributed by atoms with Gasteiger partial charge >= 0.3 is 0 Å². The number of aryl methyl sites for hydroxylation is 1. The molecular weight excluding hydrogens is 290 g/mol. The summed E-state index contributed by atoms with van der Waals surface area (Å²) in [7, 11) is 0. The number of non-ortho nitro benzene ring substituents is 1. The third-order valence-electron chi connectivity index (χ3n) is 4.30. The number of para-hydroxylation sites is 1. The van der Waals surface area contributed by atoms with Gasteiger partial charge in [0, 0.05) is 35.9 Å². The lowest BCUT2D eigenvalue weighted by Crippen LogP contribution is -2.15. The van der Waals surface area contributed by atoms with Crippen molar-refractivity contribution < 1.29 is 4.92 Å². The van der Waals surface area contributed by atoms with Gasteiger partial charge in [-0.15, -0.1) is 0 Å². The molecule has 1 aliphatic rings. The van der Waals surface area contributed by atoms with Crippen molar-refractivity contribution in [2.24, 2.45) is 0 Å². The fraction of sp³-hybridized carbons (Fsp3) is 0.167. The van der Waals surface area contributed by atoms with Gasteiger partial charge in [-0.1, -0.05) is 36.4 Å². The minimum absolute atomic E-state index is 0.0594. The quantitative estimate of drug-likeness (QED) is 0.531. The SMILES string of the molecule is Cc1cc(N2Cc3ccccc3C2)c2cccc([N+](=O)[O-])c2n1. The number of nitrogens with zero attached hydrogens (tertiary/aromatic N) is 3. The maximum Gasteiger partial charge on any atom is 0.295 e. The number of pyridine rings is 1. The first-order valence-corrected chi connectivity index (χ1v) is 7.50. The summed E-state index contributed by atoms with van der Waals surface area (Å²) in [4.78, 5) is 17.6. The van der Waals surface area contributed by atoms with Crippen LogP contribution in [0.4, 0.5) is 11.4 Å². The van der Waals surface area contributed by atoms with Gasteiger partial charge in [0.1, 0.15) is 0 Å². The van der Waals surface area contributed by atoms with Crippen molar-refractivity contribution in [3.63, 3.8) is 0 Å². The Labute approximate surface area is 133 Å². The zero-order valence-electron chi connectivity index (χ0n) is 12.7. The lowest BCUT2D eigenvalue weighted by atomic mass is 10.1. The Morgan fingerprint density at radius 3 is 2.43 bits per heavy atom. The highest BCUT2D eigenvalue weighted by Gasteiger charge is 2.23. The molecule has 0 N–H and O–H groups in total. The van der Waals surface area contributed by atoms with Crippen molar-refractivity contribution in [3.05, 3.63) is 75.5 Å². The first-order chi connectivity index (χ1) is 11.1. The van der Waals surface area contributed by atoms with Crippen molar-refractivity contribution >= 4 is 22.3 Å². The number of aromatic nitrogens is 1. The van der Waals surface area contributed by atoms with Crippen molar-refractivity contribution in [2.45, 2.75) is 20.0 Å². The fourth-order valence-electron chi connectivity index (χ4n) is 3.25. The number of fused-ring (bicyclic) bond motifs is 2. The average Bonchev–Trinajstić information content (AvgIpc) is 2.97. The number of nitro benzene ring substituents is 1. The van der Waals surface area contributed by atoms with Gasteiger partial charge < -0.3 is 4.90 Å². The Balaban J connectivity index is 1.89. The Bertz CT molecular complexity index is 912. The monoisotopic (exact) mass is 305 g/mol. The summed E-state index contributed by atoms with van der Waals surface area (Å²) in [5.74, 6) is 0.